The van der Waals surface area contributed by atoms with Gasteiger partial charge in [-0.1, -0.05) is 18.2 Å². The van der Waals surface area contributed by atoms with Crippen LogP contribution in [-0.2, 0) is 4.79 Å². The minimum atomic E-state index is -0.879. The number of primary amides is 1. The molecule has 5 fully saturated rings. The predicted molar refractivity (Wildman–Crippen MR) is 236 cm³/mol. The van der Waals surface area contributed by atoms with Gasteiger partial charge in [0.1, 0.15) is 11.9 Å². The highest BCUT2D eigenvalue weighted by atomic mass is 16.2. The summed E-state index contributed by atoms with van der Waals surface area (Å²) in [6.07, 6.45) is 11.2. The van der Waals surface area contributed by atoms with Crippen molar-refractivity contribution >= 4 is 52.7 Å². The quantitative estimate of drug-likeness (QED) is 0.134. The second-order valence-corrected chi connectivity index (χ2v) is 18.0. The second kappa shape index (κ2) is 17.0. The number of piperidine rings is 2. The number of imide groups is 1. The fraction of sp³-hybridized carbons (Fsp3) is 0.500. The maximum absolute atomic E-state index is 13.5. The summed E-state index contributed by atoms with van der Waals surface area (Å²) in [6, 6.07) is 13.1. The number of amides is 6. The van der Waals surface area contributed by atoms with Gasteiger partial charge in [0.05, 0.1) is 28.9 Å². The third kappa shape index (κ3) is 8.19. The first-order valence-electron chi connectivity index (χ1n) is 22.2. The molecule has 6 aliphatic rings. The van der Waals surface area contributed by atoms with Crippen molar-refractivity contribution < 1.29 is 24.0 Å². The van der Waals surface area contributed by atoms with Gasteiger partial charge < -0.3 is 41.3 Å². The highest BCUT2D eigenvalue weighted by molar-refractivity contribution is 6.23. The van der Waals surface area contributed by atoms with Crippen LogP contribution < -0.4 is 31.5 Å². The largest absolute Gasteiger partial charge is 0.371 e. The third-order valence-corrected chi connectivity index (χ3v) is 13.9. The fourth-order valence-electron chi connectivity index (χ4n) is 10.2. The van der Waals surface area contributed by atoms with Gasteiger partial charge in [-0.3, -0.25) is 24.1 Å². The van der Waals surface area contributed by atoms with Gasteiger partial charge in [0.2, 0.25) is 5.91 Å². The van der Waals surface area contributed by atoms with Crippen LogP contribution in [0.1, 0.15) is 100 Å². The SMILES string of the molecule is C=CCCC(C(=O)NC)N1C(=O)c2ccc(N3CCC(CN4CCC(c5ccc(Nc6nc(N7CCCC(N8CC9(CC9)NC8=O)C7)cnc6C(N)=O)cc5)CC4)C3)cc2C1=O. The van der Waals surface area contributed by atoms with E-state index in [1.807, 2.05) is 29.2 Å². The Morgan fingerprint density at radius 1 is 0.968 bits per heavy atom. The van der Waals surface area contributed by atoms with Crippen molar-refractivity contribution in [2.45, 2.75) is 81.3 Å². The van der Waals surface area contributed by atoms with Crippen molar-refractivity contribution in [1.29, 1.82) is 0 Å². The fourth-order valence-corrected chi connectivity index (χ4v) is 10.2. The van der Waals surface area contributed by atoms with Crippen LogP contribution in [-0.4, -0.2) is 131 Å². The molecule has 16 nitrogen and oxygen atoms in total. The Morgan fingerprint density at radius 3 is 2.45 bits per heavy atom. The summed E-state index contributed by atoms with van der Waals surface area (Å²) in [4.78, 5) is 84.1. The molecule has 5 aliphatic heterocycles. The Morgan fingerprint density at radius 2 is 1.74 bits per heavy atom. The number of nitrogens with two attached hydrogens (primary N) is 1. The molecule has 4 saturated heterocycles. The van der Waals surface area contributed by atoms with Crippen molar-refractivity contribution in [3.63, 3.8) is 0 Å². The average Bonchev–Trinajstić information content (AvgIpc) is 3.60. The zero-order valence-corrected chi connectivity index (χ0v) is 35.5. The normalized spacial score (nSPS) is 22.8. The Labute approximate surface area is 362 Å². The monoisotopic (exact) mass is 843 g/mol. The molecule has 3 atom stereocenters. The number of carbonyl (C=O) groups is 5. The van der Waals surface area contributed by atoms with Crippen molar-refractivity contribution in [1.82, 2.24) is 35.3 Å². The van der Waals surface area contributed by atoms with E-state index < -0.39 is 23.8 Å². The summed E-state index contributed by atoms with van der Waals surface area (Å²) < 4.78 is 0. The number of aromatic nitrogens is 2. The summed E-state index contributed by atoms with van der Waals surface area (Å²) in [7, 11) is 1.51. The number of allylic oxidation sites excluding steroid dienone is 1. The van der Waals surface area contributed by atoms with Gasteiger partial charge in [-0.15, -0.1) is 6.58 Å². The maximum Gasteiger partial charge on any atom is 0.318 e. The number of fused-ring (bicyclic) bond motifs is 1. The molecule has 2 aromatic carbocycles. The molecular weight excluding hydrogens is 787 g/mol. The number of hydrogen-bond donors (Lipinski definition) is 4. The van der Waals surface area contributed by atoms with Crippen LogP contribution in [0.3, 0.4) is 0 Å². The van der Waals surface area contributed by atoms with Crippen LogP contribution in [0.2, 0.25) is 0 Å². The average molecular weight is 844 g/mol. The van der Waals surface area contributed by atoms with Gasteiger partial charge in [0.25, 0.3) is 17.7 Å². The zero-order chi connectivity index (χ0) is 43.1. The number of anilines is 4. The summed E-state index contributed by atoms with van der Waals surface area (Å²) in [5, 5.41) is 9.09. The smallest absolute Gasteiger partial charge is 0.318 e. The van der Waals surface area contributed by atoms with Crippen LogP contribution in [0.25, 0.3) is 0 Å². The van der Waals surface area contributed by atoms with E-state index in [1.165, 1.54) is 12.6 Å². The van der Waals surface area contributed by atoms with E-state index in [0.717, 1.165) is 107 Å². The summed E-state index contributed by atoms with van der Waals surface area (Å²) >= 11 is 0. The first-order valence-corrected chi connectivity index (χ1v) is 22.2. The molecule has 62 heavy (non-hydrogen) atoms. The number of rotatable bonds is 14. The first-order chi connectivity index (χ1) is 30.0. The van der Waals surface area contributed by atoms with Crippen LogP contribution >= 0.6 is 0 Å². The third-order valence-electron chi connectivity index (χ3n) is 13.9. The Hall–Kier alpha value is -6.03. The lowest BCUT2D eigenvalue weighted by Gasteiger charge is -2.37. The molecule has 0 bridgehead atoms. The van der Waals surface area contributed by atoms with Gasteiger partial charge in [-0.05, 0) is 119 Å². The lowest BCUT2D eigenvalue weighted by molar-refractivity contribution is -0.124. The van der Waals surface area contributed by atoms with Gasteiger partial charge in [0, 0.05) is 57.7 Å². The van der Waals surface area contributed by atoms with E-state index >= 15 is 0 Å². The second-order valence-electron chi connectivity index (χ2n) is 18.0. The molecule has 5 N–H and O–H groups in total. The van der Waals surface area contributed by atoms with Crippen LogP contribution in [0.5, 0.6) is 0 Å². The molecule has 9 rings (SSSR count). The number of hydrogen-bond acceptors (Lipinski definition) is 11. The number of likely N-dealkylation sites (N-methyl/N-ethyl adjacent to an activating group) is 1. The van der Waals surface area contributed by atoms with Gasteiger partial charge in [-0.25, -0.2) is 14.8 Å². The first kappa shape index (κ1) is 41.3. The molecule has 1 aromatic heterocycles. The van der Waals surface area contributed by atoms with Crippen molar-refractivity contribution in [3.8, 4) is 0 Å². The van der Waals surface area contributed by atoms with Gasteiger partial charge in [-0.2, -0.15) is 0 Å². The molecule has 3 unspecified atom stereocenters. The van der Waals surface area contributed by atoms with Crippen LogP contribution in [0.15, 0.2) is 61.3 Å². The molecule has 1 saturated carbocycles. The Balaban J connectivity index is 0.771. The highest BCUT2D eigenvalue weighted by Gasteiger charge is 2.53. The van der Waals surface area contributed by atoms with Crippen LogP contribution in [0.4, 0.5) is 27.8 Å². The molecule has 16 heteroatoms. The predicted octanol–water partition coefficient (Wildman–Crippen LogP) is 4.23. The summed E-state index contributed by atoms with van der Waals surface area (Å²) in [6.45, 7) is 10.7. The van der Waals surface area contributed by atoms with E-state index in [9.17, 15) is 24.0 Å². The van der Waals surface area contributed by atoms with Gasteiger partial charge >= 0.3 is 6.03 Å². The van der Waals surface area contributed by atoms with E-state index in [-0.39, 0.29) is 29.2 Å². The molecule has 6 amide bonds. The Kier molecular flexibility index (Phi) is 11.4. The van der Waals surface area contributed by atoms with Crippen LogP contribution in [0, 0.1) is 5.92 Å². The zero-order valence-electron chi connectivity index (χ0n) is 35.5. The number of carbonyl (C=O) groups excluding carboxylic acids is 5. The summed E-state index contributed by atoms with van der Waals surface area (Å²) in [5.74, 6) is 0.0250. The lowest BCUT2D eigenvalue weighted by Crippen LogP contribution is -2.49. The molecule has 0 radical (unpaired) electrons. The van der Waals surface area contributed by atoms with E-state index in [0.29, 0.717) is 54.0 Å². The number of benzene rings is 2. The minimum Gasteiger partial charge on any atom is -0.371 e. The van der Waals surface area contributed by atoms with E-state index in [2.05, 4.69) is 54.3 Å². The van der Waals surface area contributed by atoms with E-state index in [1.54, 1.807) is 18.3 Å². The molecular formula is C46H57N11O5. The topological polar surface area (TPSA) is 189 Å². The molecule has 3 aromatic rings. The van der Waals surface area contributed by atoms with Crippen molar-refractivity contribution in [2.24, 2.45) is 11.7 Å². The minimum absolute atomic E-state index is 0.0214. The number of urea groups is 1. The van der Waals surface area contributed by atoms with E-state index in [4.69, 9.17) is 10.7 Å². The number of nitrogens with one attached hydrogen (secondary N) is 3. The molecule has 326 valence electrons. The number of likely N-dealkylation sites (tertiary alicyclic amines) is 1. The highest BCUT2D eigenvalue weighted by Crippen LogP contribution is 2.41. The van der Waals surface area contributed by atoms with Crippen molar-refractivity contribution in [2.75, 3.05) is 74.5 Å². The Bertz CT molecular complexity index is 2260. The summed E-state index contributed by atoms with van der Waals surface area (Å²) in [5.41, 5.74) is 9.50. The van der Waals surface area contributed by atoms with Crippen molar-refractivity contribution in [3.05, 3.63) is 83.7 Å². The molecule has 1 aliphatic carbocycles. The standard InChI is InChI=1S/C46H57N11O5/c1-3-4-7-37(42(59)48-2)57-43(60)35-13-12-33(23-36(35)44(57)61)54-22-14-29(26-54)25-53-20-15-31(16-21-53)30-8-10-32(11-9-30)50-41-39(40(47)58)49-24-38(51-41)55-19-5-6-34(27-55)56-28-46(17-18-46)52-45(56)62/h3,8-13,23-24,29,31,34,37H,1,4-7,14-22,25-28H2,2H3,(H2,47,58)(H,48,59)(H,50,51)(H,52,62). The van der Waals surface area contributed by atoms with Gasteiger partial charge in [0.15, 0.2) is 11.5 Å². The lowest BCUT2D eigenvalue weighted by atomic mass is 9.89. The molecule has 1 spiro atoms. The maximum atomic E-state index is 13.5. The molecule has 6 heterocycles. The number of nitrogens with zero attached hydrogens (tertiary/aromatic N) is 7.